The van der Waals surface area contributed by atoms with Crippen LogP contribution in [0.2, 0.25) is 0 Å². The zero-order chi connectivity index (χ0) is 21.3. The molecule has 2 aromatic heterocycles. The van der Waals surface area contributed by atoms with Crippen LogP contribution < -0.4 is 16.8 Å². The lowest BCUT2D eigenvalue weighted by molar-refractivity contribution is 0.0944. The first-order chi connectivity index (χ1) is 14.5. The number of amides is 1. The molecule has 1 saturated carbocycles. The van der Waals surface area contributed by atoms with Gasteiger partial charge in [0.15, 0.2) is 11.5 Å². The fourth-order valence-electron chi connectivity index (χ4n) is 3.84. The summed E-state index contributed by atoms with van der Waals surface area (Å²) in [5.74, 6) is 1.55. The fourth-order valence-corrected chi connectivity index (χ4v) is 3.84. The summed E-state index contributed by atoms with van der Waals surface area (Å²) in [6, 6.07) is 8.07. The third-order valence-electron chi connectivity index (χ3n) is 6.08. The Morgan fingerprint density at radius 2 is 1.97 bits per heavy atom. The summed E-state index contributed by atoms with van der Waals surface area (Å²) in [6.07, 6.45) is 4.62. The third kappa shape index (κ3) is 3.81. The summed E-state index contributed by atoms with van der Waals surface area (Å²) in [7, 11) is 0. The van der Waals surface area contributed by atoms with Crippen molar-refractivity contribution < 1.29 is 4.79 Å². The van der Waals surface area contributed by atoms with E-state index >= 15 is 0 Å². The van der Waals surface area contributed by atoms with Crippen molar-refractivity contribution >= 4 is 28.6 Å². The molecule has 3 aromatic rings. The summed E-state index contributed by atoms with van der Waals surface area (Å²) in [6.45, 7) is 5.26. The first-order valence-corrected chi connectivity index (χ1v) is 10.6. The van der Waals surface area contributed by atoms with E-state index < -0.39 is 0 Å². The molecule has 0 bridgehead atoms. The predicted octanol–water partition coefficient (Wildman–Crippen LogP) is 3.23. The monoisotopic (exact) mass is 407 g/mol. The molecule has 1 aliphatic carbocycles. The minimum atomic E-state index is -0.369. The number of benzene rings is 1. The molecule has 1 fully saturated rings. The highest BCUT2D eigenvalue weighted by atomic mass is 16.1. The highest BCUT2D eigenvalue weighted by molar-refractivity contribution is 5.96. The number of aromatic nitrogens is 4. The van der Waals surface area contributed by atoms with Gasteiger partial charge in [-0.2, -0.15) is 0 Å². The molecule has 8 nitrogen and oxygen atoms in total. The molecule has 0 aliphatic heterocycles. The number of imidazole rings is 1. The zero-order valence-corrected chi connectivity index (χ0v) is 17.6. The van der Waals surface area contributed by atoms with Gasteiger partial charge in [-0.15, -0.1) is 0 Å². The summed E-state index contributed by atoms with van der Waals surface area (Å²) < 4.78 is 2.22. The summed E-state index contributed by atoms with van der Waals surface area (Å²) in [5, 5.41) is 2.92. The fraction of sp³-hybridized carbons (Fsp3) is 0.455. The van der Waals surface area contributed by atoms with Gasteiger partial charge in [0.05, 0.1) is 23.3 Å². The van der Waals surface area contributed by atoms with Gasteiger partial charge in [-0.1, -0.05) is 32.4 Å². The average molecular weight is 408 g/mol. The van der Waals surface area contributed by atoms with Gasteiger partial charge in [0, 0.05) is 12.5 Å². The molecule has 0 spiro atoms. The quantitative estimate of drug-likeness (QED) is 0.552. The number of hydrogen-bond acceptors (Lipinski definition) is 6. The van der Waals surface area contributed by atoms with E-state index in [4.69, 9.17) is 16.5 Å². The van der Waals surface area contributed by atoms with Crippen molar-refractivity contribution in [1.29, 1.82) is 0 Å². The lowest BCUT2D eigenvalue weighted by Gasteiger charge is -2.26. The molecule has 1 atom stereocenters. The van der Waals surface area contributed by atoms with Crippen LogP contribution in [-0.4, -0.2) is 25.4 Å². The predicted molar refractivity (Wildman–Crippen MR) is 118 cm³/mol. The molecule has 1 unspecified atom stereocenters. The minimum Gasteiger partial charge on any atom is -0.382 e. The molecule has 5 N–H and O–H groups in total. The van der Waals surface area contributed by atoms with Gasteiger partial charge >= 0.3 is 0 Å². The van der Waals surface area contributed by atoms with E-state index in [0.717, 1.165) is 29.8 Å². The number of nitrogen functional groups attached to an aromatic ring is 2. The smallest absolute Gasteiger partial charge is 0.274 e. The third-order valence-corrected chi connectivity index (χ3v) is 6.08. The van der Waals surface area contributed by atoms with Crippen molar-refractivity contribution in [1.82, 2.24) is 24.8 Å². The van der Waals surface area contributed by atoms with Crippen molar-refractivity contribution in [2.24, 2.45) is 5.92 Å². The van der Waals surface area contributed by atoms with E-state index in [1.54, 1.807) is 0 Å². The second-order valence-corrected chi connectivity index (χ2v) is 8.14. The molecule has 0 saturated heterocycles. The summed E-state index contributed by atoms with van der Waals surface area (Å²) in [5.41, 5.74) is 14.7. The Hall–Kier alpha value is -3.16. The van der Waals surface area contributed by atoms with E-state index in [9.17, 15) is 4.79 Å². The van der Waals surface area contributed by atoms with Gasteiger partial charge < -0.3 is 21.4 Å². The Kier molecular flexibility index (Phi) is 5.57. The maximum Gasteiger partial charge on any atom is 0.274 e. The van der Waals surface area contributed by atoms with Gasteiger partial charge in [0.2, 0.25) is 0 Å². The van der Waals surface area contributed by atoms with Crippen LogP contribution in [0.4, 0.5) is 11.6 Å². The van der Waals surface area contributed by atoms with Crippen molar-refractivity contribution in [3.63, 3.8) is 0 Å². The largest absolute Gasteiger partial charge is 0.382 e. The Morgan fingerprint density at radius 3 is 2.67 bits per heavy atom. The molecule has 2 heterocycles. The summed E-state index contributed by atoms with van der Waals surface area (Å²) >= 11 is 0. The van der Waals surface area contributed by atoms with Gasteiger partial charge in [-0.3, -0.25) is 4.79 Å². The second-order valence-electron chi connectivity index (χ2n) is 8.14. The highest BCUT2D eigenvalue weighted by Gasteiger charge is 2.22. The molecule has 8 heteroatoms. The van der Waals surface area contributed by atoms with Crippen LogP contribution in [0.1, 0.15) is 67.5 Å². The van der Waals surface area contributed by atoms with Crippen LogP contribution in [-0.2, 0) is 13.1 Å². The highest BCUT2D eigenvalue weighted by Crippen LogP contribution is 2.30. The Balaban J connectivity index is 1.57. The number of para-hydroxylation sites is 2. The van der Waals surface area contributed by atoms with E-state index in [1.165, 1.54) is 19.3 Å². The number of nitrogens with one attached hydrogen (secondary N) is 1. The molecule has 158 valence electrons. The Labute approximate surface area is 176 Å². The van der Waals surface area contributed by atoms with E-state index in [0.29, 0.717) is 18.2 Å². The average Bonchev–Trinajstić information content (AvgIpc) is 3.05. The molecule has 4 rings (SSSR count). The lowest BCUT2D eigenvalue weighted by atomic mass is 9.85. The van der Waals surface area contributed by atoms with Crippen molar-refractivity contribution in [2.75, 3.05) is 11.5 Å². The maximum absolute atomic E-state index is 12.9. The van der Waals surface area contributed by atoms with Crippen LogP contribution in [0.25, 0.3) is 11.0 Å². The zero-order valence-electron chi connectivity index (χ0n) is 17.6. The minimum absolute atomic E-state index is 0.0417. The van der Waals surface area contributed by atoms with Crippen molar-refractivity contribution in [3.8, 4) is 0 Å². The SMILES string of the molecule is CCC(C)c1nc(C(=O)NCc2nc3ccccc3n2CC2CCC2)c(N)nc1N. The van der Waals surface area contributed by atoms with Gasteiger partial charge in [0.25, 0.3) is 5.91 Å². The van der Waals surface area contributed by atoms with Crippen molar-refractivity contribution in [3.05, 3.63) is 41.5 Å². The number of hydrogen-bond donors (Lipinski definition) is 3. The Bertz CT molecular complexity index is 1070. The van der Waals surface area contributed by atoms with E-state index in [-0.39, 0.29) is 29.2 Å². The first kappa shape index (κ1) is 20.1. The lowest BCUT2D eigenvalue weighted by Crippen LogP contribution is -2.28. The number of rotatable bonds is 7. The van der Waals surface area contributed by atoms with Crippen LogP contribution in [0, 0.1) is 5.92 Å². The van der Waals surface area contributed by atoms with Gasteiger partial charge in [-0.25, -0.2) is 15.0 Å². The standard InChI is InChI=1S/C22H29N7O/c1-3-13(2)18-20(23)28-21(24)19(27-18)22(30)25-11-17-26-15-9-4-5-10-16(15)29(17)12-14-7-6-8-14/h4-5,9-10,13-14H,3,6-8,11-12H2,1-2H3,(H,25,30)(H4,23,24,28). The molecule has 1 aromatic carbocycles. The van der Waals surface area contributed by atoms with Gasteiger partial charge in [-0.05, 0) is 37.3 Å². The number of anilines is 2. The van der Waals surface area contributed by atoms with Crippen LogP contribution in [0.15, 0.2) is 24.3 Å². The molecule has 30 heavy (non-hydrogen) atoms. The van der Waals surface area contributed by atoms with E-state index in [1.807, 2.05) is 32.0 Å². The molecule has 1 amide bonds. The number of fused-ring (bicyclic) bond motifs is 1. The first-order valence-electron chi connectivity index (χ1n) is 10.6. The van der Waals surface area contributed by atoms with Crippen LogP contribution in [0.3, 0.4) is 0 Å². The van der Waals surface area contributed by atoms with Gasteiger partial charge in [0.1, 0.15) is 11.6 Å². The molecule has 0 radical (unpaired) electrons. The number of nitrogens with two attached hydrogens (primary N) is 2. The Morgan fingerprint density at radius 1 is 1.20 bits per heavy atom. The van der Waals surface area contributed by atoms with Crippen molar-refractivity contribution in [2.45, 2.75) is 58.5 Å². The van der Waals surface area contributed by atoms with Crippen LogP contribution >= 0.6 is 0 Å². The number of carbonyl (C=O) groups is 1. The molecular formula is C22H29N7O. The van der Waals surface area contributed by atoms with E-state index in [2.05, 4.69) is 25.9 Å². The summed E-state index contributed by atoms with van der Waals surface area (Å²) in [4.78, 5) is 26.2. The topological polar surface area (TPSA) is 125 Å². The number of carbonyl (C=O) groups excluding carboxylic acids is 1. The molecular weight excluding hydrogens is 378 g/mol. The number of nitrogens with zero attached hydrogens (tertiary/aromatic N) is 4. The van der Waals surface area contributed by atoms with Crippen LogP contribution in [0.5, 0.6) is 0 Å². The molecule has 1 aliphatic rings. The second kappa shape index (κ2) is 8.30. The normalized spacial score (nSPS) is 15.1. The maximum atomic E-state index is 12.9.